The quantitative estimate of drug-likeness (QED) is 0.329. The van der Waals surface area contributed by atoms with Gasteiger partial charge in [-0.05, 0) is 29.2 Å². The van der Waals surface area contributed by atoms with Crippen molar-refractivity contribution in [3.63, 3.8) is 0 Å². The molecule has 0 aliphatic rings. The number of aliphatic imine (C=N–C) groups is 1. The van der Waals surface area contributed by atoms with E-state index in [4.69, 9.17) is 14.2 Å². The van der Waals surface area contributed by atoms with Crippen LogP contribution in [-0.4, -0.2) is 40.9 Å². The molecule has 0 aromatic heterocycles. The summed E-state index contributed by atoms with van der Waals surface area (Å²) in [6.07, 6.45) is 0. The number of hydrogen-bond donors (Lipinski definition) is 2. The minimum atomic E-state index is 0. The van der Waals surface area contributed by atoms with Gasteiger partial charge in [-0.2, -0.15) is 0 Å². The molecule has 0 aliphatic carbocycles. The van der Waals surface area contributed by atoms with Crippen LogP contribution in [0.2, 0.25) is 0 Å². The lowest BCUT2D eigenvalue weighted by atomic mass is 10.0. The summed E-state index contributed by atoms with van der Waals surface area (Å²) < 4.78 is 16.2. The highest BCUT2D eigenvalue weighted by Crippen LogP contribution is 2.38. The van der Waals surface area contributed by atoms with Crippen molar-refractivity contribution in [3.8, 4) is 17.2 Å². The van der Waals surface area contributed by atoms with Gasteiger partial charge in [0.25, 0.3) is 0 Å². The SMILES string of the molecule is CN=C(NCc1cc(OC)c(OC)c(OC)c1)NCC(C)c1ccccc1.I. The lowest BCUT2D eigenvalue weighted by Gasteiger charge is -2.17. The number of halogens is 1. The van der Waals surface area contributed by atoms with Gasteiger partial charge in [-0.15, -0.1) is 24.0 Å². The van der Waals surface area contributed by atoms with E-state index >= 15 is 0 Å². The van der Waals surface area contributed by atoms with Crippen LogP contribution in [0.15, 0.2) is 47.5 Å². The van der Waals surface area contributed by atoms with Gasteiger partial charge in [-0.3, -0.25) is 4.99 Å². The third-order valence-corrected chi connectivity index (χ3v) is 4.35. The zero-order valence-corrected chi connectivity index (χ0v) is 19.4. The number of ether oxygens (including phenoxy) is 3. The molecular formula is C21H30IN3O3. The summed E-state index contributed by atoms with van der Waals surface area (Å²) in [7, 11) is 6.58. The van der Waals surface area contributed by atoms with Crippen LogP contribution in [-0.2, 0) is 6.54 Å². The first-order valence-electron chi connectivity index (χ1n) is 8.91. The Balaban J connectivity index is 0.00000392. The molecule has 2 rings (SSSR count). The number of guanidine groups is 1. The molecular weight excluding hydrogens is 469 g/mol. The maximum atomic E-state index is 5.40. The molecule has 6 nitrogen and oxygen atoms in total. The largest absolute Gasteiger partial charge is 0.493 e. The fraction of sp³-hybridized carbons (Fsp3) is 0.381. The minimum Gasteiger partial charge on any atom is -0.493 e. The van der Waals surface area contributed by atoms with Crippen molar-refractivity contribution in [2.24, 2.45) is 4.99 Å². The van der Waals surface area contributed by atoms with E-state index in [0.29, 0.717) is 29.7 Å². The van der Waals surface area contributed by atoms with Crippen molar-refractivity contribution in [2.45, 2.75) is 19.4 Å². The van der Waals surface area contributed by atoms with Crippen molar-refractivity contribution < 1.29 is 14.2 Å². The van der Waals surface area contributed by atoms with E-state index in [2.05, 4.69) is 46.8 Å². The molecule has 0 saturated carbocycles. The van der Waals surface area contributed by atoms with Crippen molar-refractivity contribution in [3.05, 3.63) is 53.6 Å². The third kappa shape index (κ3) is 6.47. The highest BCUT2D eigenvalue weighted by molar-refractivity contribution is 14.0. The van der Waals surface area contributed by atoms with Crippen LogP contribution in [0.4, 0.5) is 0 Å². The molecule has 0 saturated heterocycles. The molecule has 2 aromatic carbocycles. The molecule has 0 heterocycles. The second kappa shape index (κ2) is 12.3. The topological polar surface area (TPSA) is 64.1 Å². The molecule has 0 fully saturated rings. The average Bonchev–Trinajstić information content (AvgIpc) is 2.73. The minimum absolute atomic E-state index is 0. The molecule has 1 atom stereocenters. The third-order valence-electron chi connectivity index (χ3n) is 4.35. The van der Waals surface area contributed by atoms with Crippen molar-refractivity contribution in [2.75, 3.05) is 34.9 Å². The molecule has 2 aromatic rings. The number of nitrogens with one attached hydrogen (secondary N) is 2. The lowest BCUT2D eigenvalue weighted by Crippen LogP contribution is -2.38. The van der Waals surface area contributed by atoms with Crippen LogP contribution >= 0.6 is 24.0 Å². The Morgan fingerprint density at radius 2 is 1.57 bits per heavy atom. The van der Waals surface area contributed by atoms with E-state index in [0.717, 1.165) is 18.1 Å². The van der Waals surface area contributed by atoms with Crippen LogP contribution in [0.5, 0.6) is 17.2 Å². The number of rotatable bonds is 8. The first-order valence-corrected chi connectivity index (χ1v) is 8.91. The second-order valence-corrected chi connectivity index (χ2v) is 6.15. The van der Waals surface area contributed by atoms with E-state index in [1.807, 2.05) is 18.2 Å². The summed E-state index contributed by atoms with van der Waals surface area (Å²) >= 11 is 0. The molecule has 0 amide bonds. The number of benzene rings is 2. The summed E-state index contributed by atoms with van der Waals surface area (Å²) in [6.45, 7) is 3.56. The van der Waals surface area contributed by atoms with Gasteiger partial charge in [-0.1, -0.05) is 37.3 Å². The number of nitrogens with zero attached hydrogens (tertiary/aromatic N) is 1. The molecule has 1 unspecified atom stereocenters. The highest BCUT2D eigenvalue weighted by Gasteiger charge is 2.13. The van der Waals surface area contributed by atoms with Gasteiger partial charge < -0.3 is 24.8 Å². The van der Waals surface area contributed by atoms with Crippen molar-refractivity contribution in [1.82, 2.24) is 10.6 Å². The van der Waals surface area contributed by atoms with Crippen LogP contribution < -0.4 is 24.8 Å². The molecule has 28 heavy (non-hydrogen) atoms. The normalized spacial score (nSPS) is 11.8. The first-order chi connectivity index (χ1) is 13.1. The molecule has 0 spiro atoms. The Morgan fingerprint density at radius 3 is 2.07 bits per heavy atom. The first kappa shape index (κ1) is 23.9. The number of hydrogen-bond acceptors (Lipinski definition) is 4. The van der Waals surface area contributed by atoms with Crippen molar-refractivity contribution in [1.29, 1.82) is 0 Å². The molecule has 0 radical (unpaired) electrons. The Bertz CT molecular complexity index is 729. The van der Waals surface area contributed by atoms with Crippen LogP contribution in [0.25, 0.3) is 0 Å². The smallest absolute Gasteiger partial charge is 0.203 e. The Morgan fingerprint density at radius 1 is 0.964 bits per heavy atom. The van der Waals surface area contributed by atoms with Crippen LogP contribution in [0, 0.1) is 0 Å². The Kier molecular flexibility index (Phi) is 10.5. The molecule has 0 aliphatic heterocycles. The molecule has 2 N–H and O–H groups in total. The average molecular weight is 499 g/mol. The summed E-state index contributed by atoms with van der Waals surface area (Å²) in [6, 6.07) is 14.3. The van der Waals surface area contributed by atoms with Gasteiger partial charge in [0.05, 0.1) is 21.3 Å². The fourth-order valence-corrected chi connectivity index (χ4v) is 2.79. The molecule has 7 heteroatoms. The van der Waals surface area contributed by atoms with Gasteiger partial charge in [0, 0.05) is 20.1 Å². The van der Waals surface area contributed by atoms with Gasteiger partial charge in [-0.25, -0.2) is 0 Å². The zero-order chi connectivity index (χ0) is 19.6. The summed E-state index contributed by atoms with van der Waals surface area (Å²) in [4.78, 5) is 4.29. The monoisotopic (exact) mass is 499 g/mol. The van der Waals surface area contributed by atoms with Crippen LogP contribution in [0.1, 0.15) is 24.0 Å². The maximum Gasteiger partial charge on any atom is 0.203 e. The lowest BCUT2D eigenvalue weighted by molar-refractivity contribution is 0.323. The standard InChI is InChI=1S/C21H29N3O3.HI/c1-15(17-9-7-6-8-10-17)13-23-21(22-2)24-14-16-11-18(25-3)20(27-5)19(12-16)26-4;/h6-12,15H,13-14H2,1-5H3,(H2,22,23,24);1H. The van der Waals surface area contributed by atoms with Gasteiger partial charge in [0.1, 0.15) is 0 Å². The summed E-state index contributed by atoms with van der Waals surface area (Å²) in [5.74, 6) is 2.98. The van der Waals surface area contributed by atoms with E-state index in [1.165, 1.54) is 5.56 Å². The highest BCUT2D eigenvalue weighted by atomic mass is 127. The van der Waals surface area contributed by atoms with Crippen LogP contribution in [0.3, 0.4) is 0 Å². The van der Waals surface area contributed by atoms with Crippen molar-refractivity contribution >= 4 is 29.9 Å². The predicted octanol–water partition coefficient (Wildman–Crippen LogP) is 3.80. The summed E-state index contributed by atoms with van der Waals surface area (Å²) in [5.41, 5.74) is 2.30. The van der Waals surface area contributed by atoms with Gasteiger partial charge in [0.15, 0.2) is 17.5 Å². The van der Waals surface area contributed by atoms with Gasteiger partial charge in [0.2, 0.25) is 5.75 Å². The maximum absolute atomic E-state index is 5.40. The Labute approximate surface area is 184 Å². The Hall–Kier alpha value is -2.16. The molecule has 154 valence electrons. The predicted molar refractivity (Wildman–Crippen MR) is 125 cm³/mol. The summed E-state index contributed by atoms with van der Waals surface area (Å²) in [5, 5.41) is 6.69. The van der Waals surface area contributed by atoms with E-state index < -0.39 is 0 Å². The molecule has 0 bridgehead atoms. The fourth-order valence-electron chi connectivity index (χ4n) is 2.79. The second-order valence-electron chi connectivity index (χ2n) is 6.15. The van der Waals surface area contributed by atoms with E-state index in [1.54, 1.807) is 28.4 Å². The zero-order valence-electron chi connectivity index (χ0n) is 17.1. The van der Waals surface area contributed by atoms with E-state index in [-0.39, 0.29) is 24.0 Å². The van der Waals surface area contributed by atoms with E-state index in [9.17, 15) is 0 Å². The number of methoxy groups -OCH3 is 3. The van der Waals surface area contributed by atoms with Gasteiger partial charge >= 0.3 is 0 Å².